The molecule has 2 rings (SSSR count). The van der Waals surface area contributed by atoms with Gasteiger partial charge in [0, 0.05) is 38.5 Å². The van der Waals surface area contributed by atoms with Gasteiger partial charge in [-0.2, -0.15) is 0 Å². The van der Waals surface area contributed by atoms with E-state index in [9.17, 15) is 4.79 Å². The largest absolute Gasteiger partial charge is 0.356 e. The lowest BCUT2D eigenvalue weighted by atomic mass is 10.0. The number of thiazole rings is 1. The number of hydrogen-bond donors (Lipinski definition) is 2. The lowest BCUT2D eigenvalue weighted by Crippen LogP contribution is -2.41. The maximum absolute atomic E-state index is 11.7. The first-order chi connectivity index (χ1) is 12.0. The van der Waals surface area contributed by atoms with Crippen LogP contribution >= 0.6 is 35.3 Å². The van der Waals surface area contributed by atoms with Crippen molar-refractivity contribution < 1.29 is 4.79 Å². The van der Waals surface area contributed by atoms with Crippen molar-refractivity contribution in [3.63, 3.8) is 0 Å². The Kier molecular flexibility index (Phi) is 10.4. The van der Waals surface area contributed by atoms with Gasteiger partial charge >= 0.3 is 0 Å². The molecule has 0 bridgehead atoms. The molecule has 0 fully saturated rings. The van der Waals surface area contributed by atoms with Gasteiger partial charge < -0.3 is 15.5 Å². The minimum Gasteiger partial charge on any atom is -0.356 e. The fraction of sp³-hybridized carbons (Fsp3) is 0.722. The van der Waals surface area contributed by atoms with Crippen LogP contribution in [0.3, 0.4) is 0 Å². The normalized spacial score (nSPS) is 13.8. The number of aliphatic imine (C=N–C) groups is 1. The molecule has 0 atom stereocenters. The SMILES string of the molecule is CC(C)CNC(=NCC(=O)N(C)C)NCCc1nc2c(s1)CCCC2.I. The van der Waals surface area contributed by atoms with Crippen LogP contribution < -0.4 is 10.6 Å². The van der Waals surface area contributed by atoms with Crippen LogP contribution in [0.4, 0.5) is 0 Å². The summed E-state index contributed by atoms with van der Waals surface area (Å²) in [5.41, 5.74) is 1.31. The molecule has 0 radical (unpaired) electrons. The third kappa shape index (κ3) is 7.77. The van der Waals surface area contributed by atoms with Crippen LogP contribution in [-0.2, 0) is 24.1 Å². The first-order valence-electron chi connectivity index (χ1n) is 9.15. The third-order valence-corrected chi connectivity index (χ3v) is 5.29. The van der Waals surface area contributed by atoms with E-state index in [1.54, 1.807) is 19.0 Å². The Morgan fingerprint density at radius 2 is 2.00 bits per heavy atom. The molecule has 0 saturated heterocycles. The maximum Gasteiger partial charge on any atom is 0.243 e. The van der Waals surface area contributed by atoms with Crippen molar-refractivity contribution in [1.29, 1.82) is 0 Å². The zero-order valence-electron chi connectivity index (χ0n) is 16.3. The molecule has 0 spiro atoms. The van der Waals surface area contributed by atoms with Crippen LogP contribution in [0.5, 0.6) is 0 Å². The molecular formula is C18H32IN5OS. The molecule has 8 heteroatoms. The summed E-state index contributed by atoms with van der Waals surface area (Å²) in [5.74, 6) is 1.21. The molecule has 0 aliphatic heterocycles. The average molecular weight is 493 g/mol. The number of nitrogens with one attached hydrogen (secondary N) is 2. The van der Waals surface area contributed by atoms with Crippen LogP contribution in [0.25, 0.3) is 0 Å². The van der Waals surface area contributed by atoms with Crippen molar-refractivity contribution in [2.75, 3.05) is 33.7 Å². The van der Waals surface area contributed by atoms with Crippen LogP contribution in [0, 0.1) is 5.92 Å². The van der Waals surface area contributed by atoms with Gasteiger partial charge in [0.25, 0.3) is 0 Å². The third-order valence-electron chi connectivity index (χ3n) is 4.07. The molecule has 1 heterocycles. The second-order valence-corrected chi connectivity index (χ2v) is 8.26. The summed E-state index contributed by atoms with van der Waals surface area (Å²) >= 11 is 1.86. The summed E-state index contributed by atoms with van der Waals surface area (Å²) in [5, 5.41) is 7.83. The lowest BCUT2D eigenvalue weighted by molar-refractivity contribution is -0.127. The highest BCUT2D eigenvalue weighted by atomic mass is 127. The van der Waals surface area contributed by atoms with E-state index in [1.165, 1.54) is 34.8 Å². The molecule has 1 aromatic heterocycles. The molecule has 26 heavy (non-hydrogen) atoms. The molecule has 2 N–H and O–H groups in total. The van der Waals surface area contributed by atoms with Gasteiger partial charge in [-0.25, -0.2) is 9.98 Å². The van der Waals surface area contributed by atoms with Crippen molar-refractivity contribution in [3.8, 4) is 0 Å². The molecular weight excluding hydrogens is 461 g/mol. The number of guanidine groups is 1. The Labute approximate surface area is 178 Å². The highest BCUT2D eigenvalue weighted by Gasteiger charge is 2.14. The van der Waals surface area contributed by atoms with E-state index >= 15 is 0 Å². The molecule has 0 aromatic carbocycles. The van der Waals surface area contributed by atoms with E-state index in [-0.39, 0.29) is 36.4 Å². The highest BCUT2D eigenvalue weighted by Crippen LogP contribution is 2.26. The number of rotatable bonds is 7. The lowest BCUT2D eigenvalue weighted by Gasteiger charge is -2.14. The second-order valence-electron chi connectivity index (χ2n) is 7.09. The number of carbonyl (C=O) groups excluding carboxylic acids is 1. The summed E-state index contributed by atoms with van der Waals surface area (Å²) < 4.78 is 0. The maximum atomic E-state index is 11.7. The van der Waals surface area contributed by atoms with Crippen molar-refractivity contribution in [1.82, 2.24) is 20.5 Å². The quantitative estimate of drug-likeness (QED) is 0.348. The fourth-order valence-electron chi connectivity index (χ4n) is 2.56. The minimum atomic E-state index is -0.00162. The van der Waals surface area contributed by atoms with Crippen molar-refractivity contribution >= 4 is 47.2 Å². The average Bonchev–Trinajstić information content (AvgIpc) is 2.98. The van der Waals surface area contributed by atoms with Crippen LogP contribution in [0.1, 0.15) is 42.3 Å². The van der Waals surface area contributed by atoms with E-state index < -0.39 is 0 Å². The molecule has 148 valence electrons. The number of fused-ring (bicyclic) bond motifs is 1. The van der Waals surface area contributed by atoms with Gasteiger partial charge in [-0.05, 0) is 31.6 Å². The Morgan fingerprint density at radius 3 is 2.65 bits per heavy atom. The summed E-state index contributed by atoms with van der Waals surface area (Å²) in [6.07, 6.45) is 5.78. The van der Waals surface area contributed by atoms with Crippen molar-refractivity contribution in [2.45, 2.75) is 46.0 Å². The number of aryl methyl sites for hydroxylation is 2. The van der Waals surface area contributed by atoms with Gasteiger partial charge in [0.15, 0.2) is 5.96 Å². The number of carbonyl (C=O) groups is 1. The topological polar surface area (TPSA) is 69.6 Å². The molecule has 0 unspecified atom stereocenters. The number of nitrogens with zero attached hydrogens (tertiary/aromatic N) is 3. The summed E-state index contributed by atoms with van der Waals surface area (Å²) in [6.45, 7) is 6.05. The van der Waals surface area contributed by atoms with E-state index in [2.05, 4.69) is 29.5 Å². The van der Waals surface area contributed by atoms with Gasteiger partial charge in [-0.1, -0.05) is 13.8 Å². The van der Waals surface area contributed by atoms with Crippen molar-refractivity contribution in [2.24, 2.45) is 10.9 Å². The van der Waals surface area contributed by atoms with Gasteiger partial charge in [-0.15, -0.1) is 35.3 Å². The molecule has 0 saturated carbocycles. The first kappa shape index (κ1) is 23.1. The van der Waals surface area contributed by atoms with E-state index in [1.807, 2.05) is 11.3 Å². The zero-order chi connectivity index (χ0) is 18.2. The van der Waals surface area contributed by atoms with Crippen LogP contribution in [0.15, 0.2) is 4.99 Å². The highest BCUT2D eigenvalue weighted by molar-refractivity contribution is 14.0. The first-order valence-corrected chi connectivity index (χ1v) is 9.97. The van der Waals surface area contributed by atoms with Gasteiger partial charge in [0.1, 0.15) is 6.54 Å². The zero-order valence-corrected chi connectivity index (χ0v) is 19.4. The van der Waals surface area contributed by atoms with Crippen molar-refractivity contribution in [3.05, 3.63) is 15.6 Å². The van der Waals surface area contributed by atoms with E-state index in [4.69, 9.17) is 4.98 Å². The van der Waals surface area contributed by atoms with Gasteiger partial charge in [0.05, 0.1) is 10.7 Å². The summed E-state index contributed by atoms with van der Waals surface area (Å²) in [7, 11) is 3.49. The smallest absolute Gasteiger partial charge is 0.243 e. The molecule has 6 nitrogen and oxygen atoms in total. The van der Waals surface area contributed by atoms with Crippen LogP contribution in [0.2, 0.25) is 0 Å². The Balaban J connectivity index is 0.00000338. The molecule has 1 aliphatic rings. The Hall–Kier alpha value is -0.900. The molecule has 1 aliphatic carbocycles. The number of amides is 1. The molecule has 1 amide bonds. The van der Waals surface area contributed by atoms with E-state index in [0.717, 1.165) is 25.9 Å². The second kappa shape index (κ2) is 11.7. The van der Waals surface area contributed by atoms with Crippen LogP contribution in [-0.4, -0.2) is 55.5 Å². The number of hydrogen-bond acceptors (Lipinski definition) is 4. The predicted molar refractivity (Wildman–Crippen MR) is 120 cm³/mol. The number of halogens is 1. The van der Waals surface area contributed by atoms with Gasteiger partial charge in [0.2, 0.25) is 5.91 Å². The Morgan fingerprint density at radius 1 is 1.27 bits per heavy atom. The Bertz CT molecular complexity index is 577. The van der Waals surface area contributed by atoms with Gasteiger partial charge in [-0.3, -0.25) is 4.79 Å². The molecule has 1 aromatic rings. The minimum absolute atomic E-state index is 0. The fourth-order valence-corrected chi connectivity index (χ4v) is 3.72. The number of likely N-dealkylation sites (N-methyl/N-ethyl adjacent to an activating group) is 1. The summed E-state index contributed by atoms with van der Waals surface area (Å²) in [6, 6.07) is 0. The standard InChI is InChI=1S/C18H31N5OS.HI/c1-13(2)11-20-18(21-12-17(24)23(3)4)19-10-9-16-22-14-7-5-6-8-15(14)25-16;/h13H,5-12H2,1-4H3,(H2,19,20,21);1H. The monoisotopic (exact) mass is 493 g/mol. The summed E-state index contributed by atoms with van der Waals surface area (Å²) in [4.78, 5) is 24.0. The predicted octanol–water partition coefficient (Wildman–Crippen LogP) is 2.46. The van der Waals surface area contributed by atoms with E-state index in [0.29, 0.717) is 11.9 Å². The number of aromatic nitrogens is 1.